The van der Waals surface area contributed by atoms with Crippen molar-refractivity contribution in [1.82, 2.24) is 9.97 Å². The Morgan fingerprint density at radius 3 is 2.58 bits per heavy atom. The molecule has 0 amide bonds. The van der Waals surface area contributed by atoms with Crippen LogP contribution in [0.5, 0.6) is 0 Å². The normalized spacial score (nSPS) is 11.2. The summed E-state index contributed by atoms with van der Waals surface area (Å²) in [6.07, 6.45) is 3.24. The van der Waals surface area contributed by atoms with Crippen LogP contribution in [0.4, 0.5) is 15.9 Å². The molecule has 3 rings (SSSR count). The molecule has 1 aromatic carbocycles. The van der Waals surface area contributed by atoms with E-state index in [9.17, 15) is 12.8 Å². The van der Waals surface area contributed by atoms with Crippen LogP contribution in [0.2, 0.25) is 0 Å². The molecule has 0 aliphatic rings. The van der Waals surface area contributed by atoms with Gasteiger partial charge in [0.05, 0.1) is 29.0 Å². The molecule has 0 unspecified atom stereocenters. The zero-order valence-electron chi connectivity index (χ0n) is 14.0. The number of rotatable bonds is 6. The lowest BCUT2D eigenvalue weighted by Gasteiger charge is -2.11. The van der Waals surface area contributed by atoms with Crippen molar-refractivity contribution < 1.29 is 12.8 Å². The van der Waals surface area contributed by atoms with Gasteiger partial charge in [0, 0.05) is 6.20 Å². The molecule has 26 heavy (non-hydrogen) atoms. The first-order valence-electron chi connectivity index (χ1n) is 7.83. The summed E-state index contributed by atoms with van der Waals surface area (Å²) in [6.45, 7) is 2.07. The van der Waals surface area contributed by atoms with E-state index in [0.717, 1.165) is 17.4 Å². The van der Waals surface area contributed by atoms with Crippen LogP contribution in [0.1, 0.15) is 11.3 Å². The summed E-state index contributed by atoms with van der Waals surface area (Å²) in [6, 6.07) is 12.4. The van der Waals surface area contributed by atoms with E-state index in [0.29, 0.717) is 12.1 Å². The minimum atomic E-state index is -3.84. The fraction of sp³-hybridized carbons (Fsp3) is 0.111. The Morgan fingerprint density at radius 2 is 1.92 bits per heavy atom. The summed E-state index contributed by atoms with van der Waals surface area (Å²) in [5.41, 5.74) is 1.94. The van der Waals surface area contributed by atoms with Gasteiger partial charge in [-0.2, -0.15) is 0 Å². The lowest BCUT2D eigenvalue weighted by atomic mass is 10.2. The first kappa shape index (κ1) is 17.8. The predicted octanol–water partition coefficient (Wildman–Crippen LogP) is 3.34. The van der Waals surface area contributed by atoms with Crippen LogP contribution in [0.15, 0.2) is 65.8 Å². The summed E-state index contributed by atoms with van der Waals surface area (Å²) < 4.78 is 40.4. The molecule has 0 aliphatic carbocycles. The van der Waals surface area contributed by atoms with Crippen LogP contribution in [0.25, 0.3) is 0 Å². The predicted molar refractivity (Wildman–Crippen MR) is 97.7 cm³/mol. The zero-order chi connectivity index (χ0) is 18.6. The van der Waals surface area contributed by atoms with Gasteiger partial charge < -0.3 is 5.32 Å². The molecule has 0 atom stereocenters. The molecule has 0 radical (unpaired) electrons. The molecule has 3 aromatic rings. The molecule has 0 saturated heterocycles. The molecule has 6 nitrogen and oxygen atoms in total. The number of pyridine rings is 2. The maximum absolute atomic E-state index is 13.2. The number of hydrogen-bond acceptors (Lipinski definition) is 5. The minimum absolute atomic E-state index is 0.0121. The van der Waals surface area contributed by atoms with E-state index < -0.39 is 15.8 Å². The largest absolute Gasteiger partial charge is 0.378 e. The van der Waals surface area contributed by atoms with E-state index in [1.165, 1.54) is 25.3 Å². The van der Waals surface area contributed by atoms with E-state index in [-0.39, 0.29) is 10.7 Å². The average Bonchev–Trinajstić information content (AvgIpc) is 2.61. The van der Waals surface area contributed by atoms with Crippen LogP contribution < -0.4 is 10.0 Å². The van der Waals surface area contributed by atoms with E-state index in [1.54, 1.807) is 18.3 Å². The summed E-state index contributed by atoms with van der Waals surface area (Å²) in [4.78, 5) is 8.32. The lowest BCUT2D eigenvalue weighted by molar-refractivity contribution is 0.598. The highest BCUT2D eigenvalue weighted by atomic mass is 32.2. The molecule has 0 aliphatic heterocycles. The summed E-state index contributed by atoms with van der Waals surface area (Å²) in [7, 11) is -3.84. The molecular formula is C18H17FN4O2S. The Morgan fingerprint density at radius 1 is 1.08 bits per heavy atom. The van der Waals surface area contributed by atoms with Crippen LogP contribution >= 0.6 is 0 Å². The van der Waals surface area contributed by atoms with Gasteiger partial charge in [-0.25, -0.2) is 17.8 Å². The smallest absolute Gasteiger partial charge is 0.263 e. The molecule has 134 valence electrons. The van der Waals surface area contributed by atoms with Crippen LogP contribution in [-0.2, 0) is 16.6 Å². The van der Waals surface area contributed by atoms with Crippen molar-refractivity contribution in [3.8, 4) is 0 Å². The first-order valence-corrected chi connectivity index (χ1v) is 9.31. The average molecular weight is 372 g/mol. The SMILES string of the molecule is Cc1cc(F)ccc1S(=O)(=O)Nc1ccc(NCc2ccccn2)cn1. The number of sulfonamides is 1. The minimum Gasteiger partial charge on any atom is -0.378 e. The fourth-order valence-corrected chi connectivity index (χ4v) is 3.60. The Hall–Kier alpha value is -3.00. The second-order valence-electron chi connectivity index (χ2n) is 5.62. The van der Waals surface area contributed by atoms with E-state index in [1.807, 2.05) is 18.2 Å². The number of hydrogen-bond donors (Lipinski definition) is 2. The second kappa shape index (κ2) is 7.49. The monoisotopic (exact) mass is 372 g/mol. The third-order valence-corrected chi connectivity index (χ3v) is 5.14. The van der Waals surface area contributed by atoms with Gasteiger partial charge in [0.2, 0.25) is 0 Å². The van der Waals surface area contributed by atoms with Crippen molar-refractivity contribution in [1.29, 1.82) is 0 Å². The summed E-state index contributed by atoms with van der Waals surface area (Å²) in [5, 5.41) is 3.15. The van der Waals surface area contributed by atoms with E-state index >= 15 is 0 Å². The van der Waals surface area contributed by atoms with Gasteiger partial charge >= 0.3 is 0 Å². The van der Waals surface area contributed by atoms with Gasteiger partial charge in [-0.05, 0) is 55.0 Å². The fourth-order valence-electron chi connectivity index (χ4n) is 2.36. The van der Waals surface area contributed by atoms with Crippen molar-refractivity contribution in [3.05, 3.63) is 78.0 Å². The van der Waals surface area contributed by atoms with Crippen molar-refractivity contribution in [2.24, 2.45) is 0 Å². The van der Waals surface area contributed by atoms with Gasteiger partial charge in [0.25, 0.3) is 10.0 Å². The van der Waals surface area contributed by atoms with Crippen molar-refractivity contribution in [2.45, 2.75) is 18.4 Å². The molecule has 2 aromatic heterocycles. The first-order chi connectivity index (χ1) is 12.4. The molecule has 2 heterocycles. The number of nitrogens with one attached hydrogen (secondary N) is 2. The standard InChI is InChI=1S/C18H17FN4O2S/c1-13-10-14(19)5-7-17(13)26(24,25)23-18-8-6-16(12-22-18)21-11-15-4-2-3-9-20-15/h2-10,12,21H,11H2,1H3,(H,22,23). The van der Waals surface area contributed by atoms with Gasteiger partial charge in [0.1, 0.15) is 11.6 Å². The maximum Gasteiger partial charge on any atom is 0.263 e. The lowest BCUT2D eigenvalue weighted by Crippen LogP contribution is -2.15. The van der Waals surface area contributed by atoms with Crippen LogP contribution in [0.3, 0.4) is 0 Å². The number of nitrogens with zero attached hydrogens (tertiary/aromatic N) is 2. The van der Waals surface area contributed by atoms with E-state index in [4.69, 9.17) is 0 Å². The van der Waals surface area contributed by atoms with Crippen LogP contribution in [0, 0.1) is 12.7 Å². The molecule has 0 fully saturated rings. The number of aryl methyl sites for hydroxylation is 1. The Bertz CT molecular complexity index is 993. The van der Waals surface area contributed by atoms with Crippen molar-refractivity contribution >= 4 is 21.5 Å². The molecule has 2 N–H and O–H groups in total. The van der Waals surface area contributed by atoms with Gasteiger partial charge in [-0.1, -0.05) is 6.07 Å². The highest BCUT2D eigenvalue weighted by Crippen LogP contribution is 2.20. The second-order valence-corrected chi connectivity index (χ2v) is 7.27. The molecule has 8 heteroatoms. The summed E-state index contributed by atoms with van der Waals surface area (Å²) in [5.74, 6) is -0.306. The Kier molecular flexibility index (Phi) is 5.13. The van der Waals surface area contributed by atoms with Crippen molar-refractivity contribution in [3.63, 3.8) is 0 Å². The van der Waals surface area contributed by atoms with Gasteiger partial charge in [0.15, 0.2) is 0 Å². The Balaban J connectivity index is 1.68. The zero-order valence-corrected chi connectivity index (χ0v) is 14.8. The maximum atomic E-state index is 13.2. The number of anilines is 2. The van der Waals surface area contributed by atoms with Gasteiger partial charge in [-0.15, -0.1) is 0 Å². The number of aromatic nitrogens is 2. The highest BCUT2D eigenvalue weighted by Gasteiger charge is 2.17. The summed E-state index contributed by atoms with van der Waals surface area (Å²) >= 11 is 0. The number of benzene rings is 1. The topological polar surface area (TPSA) is 84.0 Å². The Labute approximate surface area is 151 Å². The van der Waals surface area contributed by atoms with Gasteiger partial charge in [-0.3, -0.25) is 9.71 Å². The molecule has 0 saturated carbocycles. The molecule has 0 spiro atoms. The molecule has 0 bridgehead atoms. The molecular weight excluding hydrogens is 355 g/mol. The quantitative estimate of drug-likeness (QED) is 0.693. The number of halogens is 1. The van der Waals surface area contributed by atoms with Crippen molar-refractivity contribution in [2.75, 3.05) is 10.0 Å². The highest BCUT2D eigenvalue weighted by molar-refractivity contribution is 7.92. The third kappa shape index (κ3) is 4.34. The third-order valence-electron chi connectivity index (χ3n) is 3.63. The van der Waals surface area contributed by atoms with Crippen LogP contribution in [-0.4, -0.2) is 18.4 Å². The van der Waals surface area contributed by atoms with E-state index in [2.05, 4.69) is 20.0 Å².